The lowest BCUT2D eigenvalue weighted by Gasteiger charge is -2.20. The summed E-state index contributed by atoms with van der Waals surface area (Å²) in [5.74, 6) is 0.609. The smallest absolute Gasteiger partial charge is 0.243 e. The molecular weight excluding hydrogens is 254 g/mol. The first kappa shape index (κ1) is 14.9. The van der Waals surface area contributed by atoms with E-state index >= 15 is 0 Å². The van der Waals surface area contributed by atoms with E-state index in [0.29, 0.717) is 18.7 Å². The molecule has 1 N–H and O–H groups in total. The first-order valence-electron chi connectivity index (χ1n) is 5.81. The number of aliphatic hydroxyl groups is 1. The molecular formula is C12H19NO4S. The van der Waals surface area contributed by atoms with Gasteiger partial charge >= 0.3 is 0 Å². The Balaban J connectivity index is 3.01. The summed E-state index contributed by atoms with van der Waals surface area (Å²) in [6, 6.07) is 6.23. The van der Waals surface area contributed by atoms with E-state index in [-0.39, 0.29) is 18.0 Å². The third kappa shape index (κ3) is 3.44. The van der Waals surface area contributed by atoms with Gasteiger partial charge < -0.3 is 9.84 Å². The lowest BCUT2D eigenvalue weighted by Crippen LogP contribution is -2.34. The van der Waals surface area contributed by atoms with Crippen LogP contribution in [0.1, 0.15) is 13.3 Å². The zero-order valence-corrected chi connectivity index (χ0v) is 11.5. The minimum Gasteiger partial charge on any atom is -0.497 e. The Morgan fingerprint density at radius 3 is 2.28 bits per heavy atom. The Bertz CT molecular complexity index is 449. The van der Waals surface area contributed by atoms with Crippen molar-refractivity contribution in [3.63, 3.8) is 0 Å². The molecule has 0 amide bonds. The molecule has 102 valence electrons. The van der Waals surface area contributed by atoms with Crippen LogP contribution in [0.5, 0.6) is 5.75 Å². The maximum atomic E-state index is 12.3. The van der Waals surface area contributed by atoms with E-state index in [2.05, 4.69) is 0 Å². The Labute approximate surface area is 108 Å². The lowest BCUT2D eigenvalue weighted by molar-refractivity contribution is 0.253. The van der Waals surface area contributed by atoms with Gasteiger partial charge in [-0.05, 0) is 30.7 Å². The van der Waals surface area contributed by atoms with Crippen molar-refractivity contribution in [3.8, 4) is 5.75 Å². The Morgan fingerprint density at radius 1 is 1.22 bits per heavy atom. The van der Waals surface area contributed by atoms with Gasteiger partial charge in [-0.15, -0.1) is 0 Å². The number of hydrogen-bond donors (Lipinski definition) is 1. The van der Waals surface area contributed by atoms with E-state index in [1.165, 1.54) is 23.5 Å². The number of aliphatic hydroxyl groups excluding tert-OH is 1. The fraction of sp³-hybridized carbons (Fsp3) is 0.500. The second kappa shape index (κ2) is 6.72. The van der Waals surface area contributed by atoms with Crippen LogP contribution < -0.4 is 4.74 Å². The highest BCUT2D eigenvalue weighted by atomic mass is 32.2. The number of sulfonamides is 1. The van der Waals surface area contributed by atoms with Crippen LogP contribution in [0.2, 0.25) is 0 Å². The third-order valence-corrected chi connectivity index (χ3v) is 4.43. The van der Waals surface area contributed by atoms with Crippen molar-refractivity contribution < 1.29 is 18.3 Å². The van der Waals surface area contributed by atoms with Crippen LogP contribution in [0.15, 0.2) is 29.2 Å². The zero-order valence-electron chi connectivity index (χ0n) is 10.7. The average molecular weight is 273 g/mol. The van der Waals surface area contributed by atoms with E-state index in [0.717, 1.165) is 0 Å². The maximum Gasteiger partial charge on any atom is 0.243 e. The molecule has 0 fully saturated rings. The van der Waals surface area contributed by atoms with Gasteiger partial charge in [0, 0.05) is 13.1 Å². The largest absolute Gasteiger partial charge is 0.497 e. The van der Waals surface area contributed by atoms with Crippen LogP contribution >= 0.6 is 0 Å². The van der Waals surface area contributed by atoms with Crippen LogP contribution in [0.4, 0.5) is 0 Å². The van der Waals surface area contributed by atoms with Crippen molar-refractivity contribution in [3.05, 3.63) is 24.3 Å². The van der Waals surface area contributed by atoms with Gasteiger partial charge in [0.1, 0.15) is 5.75 Å². The van der Waals surface area contributed by atoms with Crippen molar-refractivity contribution >= 4 is 10.0 Å². The van der Waals surface area contributed by atoms with E-state index in [9.17, 15) is 8.42 Å². The van der Waals surface area contributed by atoms with Crippen molar-refractivity contribution in [2.75, 3.05) is 26.8 Å². The topological polar surface area (TPSA) is 66.8 Å². The second-order valence-corrected chi connectivity index (χ2v) is 5.74. The van der Waals surface area contributed by atoms with Gasteiger partial charge in [0.25, 0.3) is 0 Å². The average Bonchev–Trinajstić information content (AvgIpc) is 2.38. The second-order valence-electron chi connectivity index (χ2n) is 3.80. The monoisotopic (exact) mass is 273 g/mol. The van der Waals surface area contributed by atoms with Crippen LogP contribution in [-0.2, 0) is 10.0 Å². The van der Waals surface area contributed by atoms with Crippen molar-refractivity contribution in [2.24, 2.45) is 0 Å². The van der Waals surface area contributed by atoms with Crippen molar-refractivity contribution in [1.82, 2.24) is 4.31 Å². The Morgan fingerprint density at radius 2 is 1.83 bits per heavy atom. The van der Waals surface area contributed by atoms with Gasteiger partial charge in [-0.25, -0.2) is 8.42 Å². The molecule has 0 spiro atoms. The predicted molar refractivity (Wildman–Crippen MR) is 69.1 cm³/mol. The van der Waals surface area contributed by atoms with Gasteiger partial charge in [-0.2, -0.15) is 4.31 Å². The molecule has 18 heavy (non-hydrogen) atoms. The molecule has 6 heteroatoms. The van der Waals surface area contributed by atoms with Crippen LogP contribution in [0.3, 0.4) is 0 Å². The molecule has 0 aliphatic carbocycles. The summed E-state index contributed by atoms with van der Waals surface area (Å²) in [5, 5.41) is 8.93. The predicted octanol–water partition coefficient (Wildman–Crippen LogP) is 1.09. The maximum absolute atomic E-state index is 12.3. The standard InChI is InChI=1S/C12H19NO4S/c1-3-8-13(9-10-14)18(15,16)12-6-4-11(17-2)5-7-12/h4-7,14H,3,8-10H2,1-2H3. The van der Waals surface area contributed by atoms with Gasteiger partial charge in [-0.1, -0.05) is 6.92 Å². The highest BCUT2D eigenvalue weighted by Gasteiger charge is 2.22. The molecule has 0 atom stereocenters. The first-order chi connectivity index (χ1) is 8.56. The number of rotatable bonds is 7. The number of methoxy groups -OCH3 is 1. The molecule has 5 nitrogen and oxygen atoms in total. The van der Waals surface area contributed by atoms with Crippen LogP contribution in [-0.4, -0.2) is 44.6 Å². The molecule has 0 aromatic heterocycles. The van der Waals surface area contributed by atoms with Crippen molar-refractivity contribution in [2.45, 2.75) is 18.2 Å². The summed E-state index contributed by atoms with van der Waals surface area (Å²) < 4.78 is 30.8. The number of ether oxygens (including phenoxy) is 1. The third-order valence-electron chi connectivity index (χ3n) is 2.52. The zero-order chi connectivity index (χ0) is 13.6. The summed E-state index contributed by atoms with van der Waals surface area (Å²) in [6.45, 7) is 2.22. The molecule has 0 saturated heterocycles. The van der Waals surface area contributed by atoms with Crippen LogP contribution in [0.25, 0.3) is 0 Å². The Hall–Kier alpha value is -1.11. The SMILES string of the molecule is CCCN(CCO)S(=O)(=O)c1ccc(OC)cc1. The minimum absolute atomic E-state index is 0.113. The van der Waals surface area contributed by atoms with Crippen molar-refractivity contribution in [1.29, 1.82) is 0 Å². The molecule has 0 aliphatic rings. The molecule has 0 bridgehead atoms. The molecule has 0 aliphatic heterocycles. The highest BCUT2D eigenvalue weighted by molar-refractivity contribution is 7.89. The molecule has 0 saturated carbocycles. The Kier molecular flexibility index (Phi) is 5.58. The molecule has 0 radical (unpaired) electrons. The summed E-state index contributed by atoms with van der Waals surface area (Å²) in [7, 11) is -2.01. The minimum atomic E-state index is -3.53. The molecule has 1 aromatic carbocycles. The molecule has 0 heterocycles. The van der Waals surface area contributed by atoms with Gasteiger partial charge in [0.2, 0.25) is 10.0 Å². The number of benzene rings is 1. The van der Waals surface area contributed by atoms with E-state index in [1.807, 2.05) is 6.92 Å². The molecule has 0 unspecified atom stereocenters. The first-order valence-corrected chi connectivity index (χ1v) is 7.25. The molecule has 1 rings (SSSR count). The van der Waals surface area contributed by atoms with Gasteiger partial charge in [-0.3, -0.25) is 0 Å². The molecule has 1 aromatic rings. The quantitative estimate of drug-likeness (QED) is 0.807. The summed E-state index contributed by atoms with van der Waals surface area (Å²) >= 11 is 0. The van der Waals surface area contributed by atoms with E-state index in [1.54, 1.807) is 12.1 Å². The van der Waals surface area contributed by atoms with E-state index < -0.39 is 10.0 Å². The van der Waals surface area contributed by atoms with E-state index in [4.69, 9.17) is 9.84 Å². The highest BCUT2D eigenvalue weighted by Crippen LogP contribution is 2.19. The summed E-state index contributed by atoms with van der Waals surface area (Å²) in [5.41, 5.74) is 0. The fourth-order valence-corrected chi connectivity index (χ4v) is 3.13. The number of hydrogen-bond acceptors (Lipinski definition) is 4. The number of nitrogens with zero attached hydrogens (tertiary/aromatic N) is 1. The van der Waals surface area contributed by atoms with Gasteiger partial charge in [0.05, 0.1) is 18.6 Å². The summed E-state index contributed by atoms with van der Waals surface area (Å²) in [6.07, 6.45) is 0.704. The summed E-state index contributed by atoms with van der Waals surface area (Å²) in [4.78, 5) is 0.213. The fourth-order valence-electron chi connectivity index (χ4n) is 1.61. The normalized spacial score (nSPS) is 11.8. The van der Waals surface area contributed by atoms with Crippen LogP contribution in [0, 0.1) is 0 Å². The van der Waals surface area contributed by atoms with Gasteiger partial charge in [0.15, 0.2) is 0 Å². The lowest BCUT2D eigenvalue weighted by atomic mass is 10.3.